The molecule has 16 heavy (non-hydrogen) atoms. The molecule has 0 amide bonds. The molecule has 0 N–H and O–H groups in total. The van der Waals surface area contributed by atoms with E-state index in [1.54, 1.807) is 6.07 Å². The van der Waals surface area contributed by atoms with Gasteiger partial charge in [-0.1, -0.05) is 22.0 Å². The van der Waals surface area contributed by atoms with E-state index in [0.717, 1.165) is 15.4 Å². The summed E-state index contributed by atoms with van der Waals surface area (Å²) in [6, 6.07) is 9.33. The highest BCUT2D eigenvalue weighted by molar-refractivity contribution is 9.10. The monoisotopic (exact) mass is 299 g/mol. The Morgan fingerprint density at radius 3 is 2.69 bits per heavy atom. The van der Waals surface area contributed by atoms with Gasteiger partial charge in [-0.25, -0.2) is 8.42 Å². The molecule has 0 saturated heterocycles. The van der Waals surface area contributed by atoms with Crippen molar-refractivity contribution in [3.63, 3.8) is 0 Å². The summed E-state index contributed by atoms with van der Waals surface area (Å²) in [6.45, 7) is 0. The Balaban J connectivity index is 2.49. The minimum atomic E-state index is -3.03. The fourth-order valence-electron chi connectivity index (χ4n) is 1.49. The molecule has 3 nitrogen and oxygen atoms in total. The highest BCUT2D eigenvalue weighted by atomic mass is 79.9. The van der Waals surface area contributed by atoms with Crippen LogP contribution in [0, 0.1) is 0 Å². The van der Waals surface area contributed by atoms with Crippen molar-refractivity contribution in [3.05, 3.63) is 40.5 Å². The van der Waals surface area contributed by atoms with E-state index in [4.69, 9.17) is 0 Å². The quantitative estimate of drug-likeness (QED) is 0.856. The predicted molar refractivity (Wildman–Crippen MR) is 68.0 cm³/mol. The third kappa shape index (κ3) is 2.80. The second kappa shape index (κ2) is 4.14. The lowest BCUT2D eigenvalue weighted by atomic mass is 10.2. The van der Waals surface area contributed by atoms with E-state index < -0.39 is 9.84 Å². The maximum absolute atomic E-state index is 11.1. The van der Waals surface area contributed by atoms with Gasteiger partial charge in [-0.2, -0.15) is 0 Å². The van der Waals surface area contributed by atoms with E-state index in [0.29, 0.717) is 5.69 Å². The van der Waals surface area contributed by atoms with Crippen LogP contribution in [0.25, 0.3) is 10.9 Å². The number of fused-ring (bicyclic) bond motifs is 1. The lowest BCUT2D eigenvalue weighted by Gasteiger charge is -2.02. The van der Waals surface area contributed by atoms with Crippen LogP contribution in [0.4, 0.5) is 0 Å². The first kappa shape index (κ1) is 11.5. The molecule has 84 valence electrons. The Bertz CT molecular complexity index is 637. The molecule has 0 bridgehead atoms. The summed E-state index contributed by atoms with van der Waals surface area (Å²) in [4.78, 5) is 4.30. The van der Waals surface area contributed by atoms with Gasteiger partial charge in [0, 0.05) is 16.1 Å². The smallest absolute Gasteiger partial charge is 0.153 e. The summed E-state index contributed by atoms with van der Waals surface area (Å²) in [7, 11) is -3.03. The Morgan fingerprint density at radius 2 is 2.00 bits per heavy atom. The summed E-state index contributed by atoms with van der Waals surface area (Å²) in [5, 5.41) is 0.992. The van der Waals surface area contributed by atoms with Crippen molar-refractivity contribution in [2.75, 3.05) is 6.26 Å². The molecular formula is C11H10BrNO2S. The van der Waals surface area contributed by atoms with Crippen LogP contribution in [0.1, 0.15) is 5.69 Å². The SMILES string of the molecule is CS(=O)(=O)Cc1ccc2cc(Br)ccc2n1. The number of pyridine rings is 1. The van der Waals surface area contributed by atoms with Gasteiger partial charge in [0.15, 0.2) is 9.84 Å². The first-order valence-corrected chi connectivity index (χ1v) is 7.52. The molecule has 0 unspecified atom stereocenters. The largest absolute Gasteiger partial charge is 0.252 e. The van der Waals surface area contributed by atoms with Crippen molar-refractivity contribution < 1.29 is 8.42 Å². The van der Waals surface area contributed by atoms with Gasteiger partial charge in [-0.15, -0.1) is 0 Å². The molecule has 2 aromatic rings. The van der Waals surface area contributed by atoms with Gasteiger partial charge in [0.05, 0.1) is 17.0 Å². The van der Waals surface area contributed by atoms with Crippen LogP contribution in [0.5, 0.6) is 0 Å². The predicted octanol–water partition coefficient (Wildman–Crippen LogP) is 2.54. The number of hydrogen-bond acceptors (Lipinski definition) is 3. The van der Waals surface area contributed by atoms with Gasteiger partial charge in [-0.05, 0) is 24.3 Å². The number of halogens is 1. The van der Waals surface area contributed by atoms with Crippen LogP contribution < -0.4 is 0 Å². The molecule has 0 saturated carbocycles. The standard InChI is InChI=1S/C11H10BrNO2S/c1-16(14,15)7-10-4-2-8-6-9(12)3-5-11(8)13-10/h2-6H,7H2,1H3. The van der Waals surface area contributed by atoms with E-state index in [1.165, 1.54) is 6.26 Å². The molecule has 0 radical (unpaired) electrons. The summed E-state index contributed by atoms with van der Waals surface area (Å²) < 4.78 is 23.3. The van der Waals surface area contributed by atoms with Gasteiger partial charge in [-0.3, -0.25) is 4.98 Å². The van der Waals surface area contributed by atoms with Crippen LogP contribution in [0.3, 0.4) is 0 Å². The third-order valence-corrected chi connectivity index (χ3v) is 3.43. The van der Waals surface area contributed by atoms with Gasteiger partial charge in [0.2, 0.25) is 0 Å². The maximum Gasteiger partial charge on any atom is 0.153 e. The topological polar surface area (TPSA) is 47.0 Å². The van der Waals surface area contributed by atoms with Crippen LogP contribution >= 0.6 is 15.9 Å². The van der Waals surface area contributed by atoms with Crippen molar-refractivity contribution >= 4 is 36.7 Å². The van der Waals surface area contributed by atoms with Crippen molar-refractivity contribution in [1.82, 2.24) is 4.98 Å². The molecule has 0 aliphatic rings. The zero-order chi connectivity index (χ0) is 11.8. The lowest BCUT2D eigenvalue weighted by Crippen LogP contribution is -2.02. The van der Waals surface area contributed by atoms with Gasteiger partial charge < -0.3 is 0 Å². The van der Waals surface area contributed by atoms with Gasteiger partial charge >= 0.3 is 0 Å². The van der Waals surface area contributed by atoms with Gasteiger partial charge in [0.25, 0.3) is 0 Å². The number of hydrogen-bond donors (Lipinski definition) is 0. The summed E-state index contributed by atoms with van der Waals surface area (Å²) in [5.74, 6) is -0.0149. The average Bonchev–Trinajstić information content (AvgIpc) is 2.16. The highest BCUT2D eigenvalue weighted by Gasteiger charge is 2.06. The molecule has 1 aromatic carbocycles. The Morgan fingerprint density at radius 1 is 1.25 bits per heavy atom. The van der Waals surface area contributed by atoms with E-state index in [9.17, 15) is 8.42 Å². The normalized spacial score (nSPS) is 11.9. The molecule has 5 heteroatoms. The summed E-state index contributed by atoms with van der Waals surface area (Å²) in [6.07, 6.45) is 1.21. The van der Waals surface area contributed by atoms with Crippen LogP contribution in [-0.4, -0.2) is 19.7 Å². The molecule has 2 rings (SSSR count). The minimum absolute atomic E-state index is 0.0149. The van der Waals surface area contributed by atoms with Crippen molar-refractivity contribution in [3.8, 4) is 0 Å². The number of rotatable bonds is 2. The summed E-state index contributed by atoms with van der Waals surface area (Å²) >= 11 is 3.38. The molecule has 1 aromatic heterocycles. The maximum atomic E-state index is 11.1. The Labute approximate surface area is 103 Å². The van der Waals surface area contributed by atoms with Crippen LogP contribution in [0.2, 0.25) is 0 Å². The molecule has 1 heterocycles. The first-order chi connectivity index (χ1) is 7.44. The number of nitrogens with zero attached hydrogens (tertiary/aromatic N) is 1. The molecule has 0 fully saturated rings. The van der Waals surface area contributed by atoms with Crippen molar-refractivity contribution in [1.29, 1.82) is 0 Å². The van der Waals surface area contributed by atoms with Crippen LogP contribution in [0.15, 0.2) is 34.8 Å². The lowest BCUT2D eigenvalue weighted by molar-refractivity contribution is 0.600. The molecular weight excluding hydrogens is 290 g/mol. The molecule has 0 spiro atoms. The number of sulfone groups is 1. The van der Waals surface area contributed by atoms with E-state index in [-0.39, 0.29) is 5.75 Å². The first-order valence-electron chi connectivity index (χ1n) is 4.67. The second-order valence-corrected chi connectivity index (χ2v) is 6.77. The summed E-state index contributed by atoms with van der Waals surface area (Å²) in [5.41, 5.74) is 1.39. The number of benzene rings is 1. The van der Waals surface area contributed by atoms with E-state index >= 15 is 0 Å². The third-order valence-electron chi connectivity index (χ3n) is 2.12. The molecule has 0 aliphatic carbocycles. The average molecular weight is 300 g/mol. The Kier molecular flexibility index (Phi) is 2.99. The molecule has 0 atom stereocenters. The van der Waals surface area contributed by atoms with E-state index in [1.807, 2.05) is 24.3 Å². The second-order valence-electron chi connectivity index (χ2n) is 3.71. The fourth-order valence-corrected chi connectivity index (χ4v) is 2.56. The Hall–Kier alpha value is -0.940. The highest BCUT2D eigenvalue weighted by Crippen LogP contribution is 2.19. The van der Waals surface area contributed by atoms with Gasteiger partial charge in [0.1, 0.15) is 0 Å². The number of aromatic nitrogens is 1. The minimum Gasteiger partial charge on any atom is -0.252 e. The van der Waals surface area contributed by atoms with E-state index in [2.05, 4.69) is 20.9 Å². The van der Waals surface area contributed by atoms with Crippen molar-refractivity contribution in [2.24, 2.45) is 0 Å². The van der Waals surface area contributed by atoms with Crippen molar-refractivity contribution in [2.45, 2.75) is 5.75 Å². The fraction of sp³-hybridized carbons (Fsp3) is 0.182. The van der Waals surface area contributed by atoms with Crippen LogP contribution in [-0.2, 0) is 15.6 Å². The molecule has 0 aliphatic heterocycles. The zero-order valence-corrected chi connectivity index (χ0v) is 11.0. The zero-order valence-electron chi connectivity index (χ0n) is 8.64.